The van der Waals surface area contributed by atoms with Gasteiger partial charge >= 0.3 is 0 Å². The number of aromatic nitrogens is 5. The number of aryl methyl sites for hydroxylation is 1. The molecule has 6 heteroatoms. The minimum Gasteiger partial charge on any atom is -0.306 e. The van der Waals surface area contributed by atoms with E-state index in [2.05, 4.69) is 15.1 Å². The Balaban J connectivity index is 2.12. The van der Waals surface area contributed by atoms with Gasteiger partial charge in [0.1, 0.15) is 11.3 Å². The van der Waals surface area contributed by atoms with Crippen LogP contribution in [-0.4, -0.2) is 24.3 Å². The maximum Gasteiger partial charge on any atom is 0.160 e. The number of rotatable bonds is 3. The molecule has 0 aliphatic heterocycles. The molecule has 0 atom stereocenters. The molecule has 92 valence electrons. The Labute approximate surface area is 109 Å². The lowest BCUT2D eigenvalue weighted by atomic mass is 10.4. The summed E-state index contributed by atoms with van der Waals surface area (Å²) in [6, 6.07) is 5.80. The Bertz CT molecular complexity index is 685. The Morgan fingerprint density at radius 1 is 1.28 bits per heavy atom. The van der Waals surface area contributed by atoms with Crippen molar-refractivity contribution >= 4 is 22.8 Å². The largest absolute Gasteiger partial charge is 0.306 e. The molecule has 0 aliphatic carbocycles. The molecule has 0 fully saturated rings. The second-order valence-electron chi connectivity index (χ2n) is 4.04. The molecule has 0 saturated carbocycles. The van der Waals surface area contributed by atoms with Crippen LogP contribution in [0.4, 0.5) is 0 Å². The van der Waals surface area contributed by atoms with Crippen molar-refractivity contribution in [2.75, 3.05) is 0 Å². The van der Waals surface area contributed by atoms with Gasteiger partial charge in [0.15, 0.2) is 5.65 Å². The van der Waals surface area contributed by atoms with Gasteiger partial charge in [-0.2, -0.15) is 5.10 Å². The third kappa shape index (κ3) is 1.76. The van der Waals surface area contributed by atoms with E-state index in [4.69, 9.17) is 11.6 Å². The van der Waals surface area contributed by atoms with Crippen LogP contribution in [0.3, 0.4) is 0 Å². The van der Waals surface area contributed by atoms with Crippen LogP contribution in [0.2, 0.25) is 0 Å². The molecule has 3 aromatic heterocycles. The van der Waals surface area contributed by atoms with E-state index in [1.54, 1.807) is 12.4 Å². The number of alkyl halides is 1. The van der Waals surface area contributed by atoms with Crippen molar-refractivity contribution in [3.8, 4) is 0 Å². The second kappa shape index (κ2) is 4.42. The van der Waals surface area contributed by atoms with Crippen molar-refractivity contribution in [3.05, 3.63) is 42.1 Å². The van der Waals surface area contributed by atoms with E-state index < -0.39 is 0 Å². The predicted molar refractivity (Wildman–Crippen MR) is 69.4 cm³/mol. The number of imidazole rings is 1. The Hall–Kier alpha value is -1.88. The fourth-order valence-corrected chi connectivity index (χ4v) is 2.20. The minimum atomic E-state index is 0.369. The van der Waals surface area contributed by atoms with E-state index in [0.29, 0.717) is 12.4 Å². The highest BCUT2D eigenvalue weighted by Gasteiger charge is 2.12. The van der Waals surface area contributed by atoms with Crippen LogP contribution in [0.5, 0.6) is 0 Å². The number of halogens is 1. The summed E-state index contributed by atoms with van der Waals surface area (Å²) >= 11 is 5.95. The summed E-state index contributed by atoms with van der Waals surface area (Å²) in [4.78, 5) is 8.85. The summed E-state index contributed by atoms with van der Waals surface area (Å²) in [6.45, 7) is 0.673. The lowest BCUT2D eigenvalue weighted by Gasteiger charge is -2.07. The van der Waals surface area contributed by atoms with Crippen LogP contribution >= 0.6 is 11.6 Å². The van der Waals surface area contributed by atoms with Gasteiger partial charge < -0.3 is 4.57 Å². The first-order valence-electron chi connectivity index (χ1n) is 5.62. The number of hydrogen-bond acceptors (Lipinski definition) is 3. The zero-order valence-electron chi connectivity index (χ0n) is 9.91. The molecular weight excluding hydrogens is 250 g/mol. The van der Waals surface area contributed by atoms with Crippen molar-refractivity contribution in [1.29, 1.82) is 0 Å². The lowest BCUT2D eigenvalue weighted by molar-refractivity contribution is 0.661. The van der Waals surface area contributed by atoms with Gasteiger partial charge in [-0.05, 0) is 18.2 Å². The Kier molecular flexibility index (Phi) is 2.76. The Morgan fingerprint density at radius 2 is 2.17 bits per heavy atom. The van der Waals surface area contributed by atoms with Crippen LogP contribution in [0.15, 0.2) is 30.6 Å². The summed E-state index contributed by atoms with van der Waals surface area (Å²) in [5.41, 5.74) is 2.82. The first kappa shape index (κ1) is 11.2. The minimum absolute atomic E-state index is 0.369. The van der Waals surface area contributed by atoms with Gasteiger partial charge in [-0.25, -0.2) is 9.97 Å². The second-order valence-corrected chi connectivity index (χ2v) is 4.31. The van der Waals surface area contributed by atoms with Gasteiger partial charge in [0.2, 0.25) is 0 Å². The first-order chi connectivity index (χ1) is 8.79. The van der Waals surface area contributed by atoms with Gasteiger partial charge in [0.05, 0.1) is 18.1 Å². The van der Waals surface area contributed by atoms with Crippen molar-refractivity contribution in [2.45, 2.75) is 12.4 Å². The average molecular weight is 262 g/mol. The third-order valence-corrected chi connectivity index (χ3v) is 3.18. The first-order valence-corrected chi connectivity index (χ1v) is 6.16. The molecule has 3 aromatic rings. The molecule has 0 bridgehead atoms. The lowest BCUT2D eigenvalue weighted by Crippen LogP contribution is -2.08. The van der Waals surface area contributed by atoms with E-state index in [0.717, 1.165) is 22.7 Å². The third-order valence-electron chi connectivity index (χ3n) is 2.94. The zero-order valence-corrected chi connectivity index (χ0v) is 10.7. The zero-order chi connectivity index (χ0) is 12.5. The number of hydrogen-bond donors (Lipinski definition) is 0. The molecule has 0 saturated heterocycles. The number of nitrogens with zero attached hydrogens (tertiary/aromatic N) is 5. The van der Waals surface area contributed by atoms with Crippen LogP contribution in [0.25, 0.3) is 11.2 Å². The van der Waals surface area contributed by atoms with E-state index in [-0.39, 0.29) is 0 Å². The van der Waals surface area contributed by atoms with Crippen molar-refractivity contribution in [2.24, 2.45) is 7.05 Å². The van der Waals surface area contributed by atoms with E-state index in [9.17, 15) is 0 Å². The highest BCUT2D eigenvalue weighted by Crippen LogP contribution is 2.16. The molecule has 0 radical (unpaired) electrons. The molecule has 18 heavy (non-hydrogen) atoms. The maximum absolute atomic E-state index is 5.95. The van der Waals surface area contributed by atoms with Gasteiger partial charge in [0, 0.05) is 19.4 Å². The van der Waals surface area contributed by atoms with Crippen molar-refractivity contribution in [3.63, 3.8) is 0 Å². The standard InChI is InChI=1S/C12H12ClN5/c1-17-9(4-6-15-17)8-18-11(7-13)16-10-3-2-5-14-12(10)18/h2-6H,7-8H2,1H3. The topological polar surface area (TPSA) is 48.5 Å². The summed E-state index contributed by atoms with van der Waals surface area (Å²) in [5.74, 6) is 1.19. The average Bonchev–Trinajstić information content (AvgIpc) is 2.95. The van der Waals surface area contributed by atoms with Crippen LogP contribution in [0, 0.1) is 0 Å². The van der Waals surface area contributed by atoms with Crippen LogP contribution < -0.4 is 0 Å². The van der Waals surface area contributed by atoms with Crippen LogP contribution in [-0.2, 0) is 19.5 Å². The van der Waals surface area contributed by atoms with Gasteiger partial charge in [-0.1, -0.05) is 0 Å². The number of fused-ring (bicyclic) bond motifs is 1. The summed E-state index contributed by atoms with van der Waals surface area (Å²) in [6.07, 6.45) is 3.55. The fraction of sp³-hybridized carbons (Fsp3) is 0.250. The summed E-state index contributed by atoms with van der Waals surface area (Å²) in [5, 5.41) is 4.16. The monoisotopic (exact) mass is 261 g/mol. The molecule has 0 aliphatic rings. The molecule has 0 spiro atoms. The van der Waals surface area contributed by atoms with Gasteiger partial charge in [0.25, 0.3) is 0 Å². The molecule has 0 N–H and O–H groups in total. The molecule has 5 nitrogen and oxygen atoms in total. The summed E-state index contributed by atoms with van der Waals surface area (Å²) in [7, 11) is 1.92. The predicted octanol–water partition coefficient (Wildman–Crippen LogP) is 1.95. The molecule has 0 aromatic carbocycles. The highest BCUT2D eigenvalue weighted by atomic mass is 35.5. The quantitative estimate of drug-likeness (QED) is 0.677. The summed E-state index contributed by atoms with van der Waals surface area (Å²) < 4.78 is 3.87. The number of pyridine rings is 1. The fourth-order valence-electron chi connectivity index (χ4n) is 1.99. The smallest absolute Gasteiger partial charge is 0.160 e. The molecular formula is C12H12ClN5. The van der Waals surface area contributed by atoms with Gasteiger partial charge in [-0.15, -0.1) is 11.6 Å². The Morgan fingerprint density at radius 3 is 2.89 bits per heavy atom. The van der Waals surface area contributed by atoms with Gasteiger partial charge in [-0.3, -0.25) is 4.68 Å². The van der Waals surface area contributed by atoms with E-state index in [1.165, 1.54) is 0 Å². The molecule has 0 unspecified atom stereocenters. The highest BCUT2D eigenvalue weighted by molar-refractivity contribution is 6.16. The van der Waals surface area contributed by atoms with Crippen molar-refractivity contribution in [1.82, 2.24) is 24.3 Å². The molecule has 0 amide bonds. The molecule has 3 rings (SSSR count). The SMILES string of the molecule is Cn1nccc1Cn1c(CCl)nc2cccnc21. The van der Waals surface area contributed by atoms with E-state index >= 15 is 0 Å². The normalized spacial score (nSPS) is 11.2. The molecule has 3 heterocycles. The van der Waals surface area contributed by atoms with Crippen LogP contribution in [0.1, 0.15) is 11.5 Å². The maximum atomic E-state index is 5.95. The van der Waals surface area contributed by atoms with E-state index in [1.807, 2.05) is 34.5 Å². The van der Waals surface area contributed by atoms with Crippen molar-refractivity contribution < 1.29 is 0 Å².